The molecule has 7 heteroatoms. The number of nitro benzene ring substituents is 1. The van der Waals surface area contributed by atoms with Crippen molar-refractivity contribution >= 4 is 24.0 Å². The van der Waals surface area contributed by atoms with Crippen LogP contribution in [0.3, 0.4) is 0 Å². The number of amides is 1. The van der Waals surface area contributed by atoms with E-state index in [9.17, 15) is 14.9 Å². The van der Waals surface area contributed by atoms with Gasteiger partial charge in [-0.05, 0) is 37.9 Å². The smallest absolute Gasteiger partial charge is 0.270 e. The minimum Gasteiger partial charge on any atom is -0.348 e. The average molecular weight is 300 g/mol. The van der Waals surface area contributed by atoms with Crippen molar-refractivity contribution in [3.63, 3.8) is 0 Å². The van der Waals surface area contributed by atoms with E-state index in [1.165, 1.54) is 12.1 Å². The molecule has 1 saturated heterocycles. The summed E-state index contributed by atoms with van der Waals surface area (Å²) in [6, 6.07) is 4.54. The highest BCUT2D eigenvalue weighted by molar-refractivity contribution is 5.95. The van der Waals surface area contributed by atoms with Crippen molar-refractivity contribution in [3.8, 4) is 0 Å². The molecule has 110 valence electrons. The molecule has 6 nitrogen and oxygen atoms in total. The minimum absolute atomic E-state index is 0. The number of nitro groups is 1. The molecule has 2 rings (SSSR count). The molecule has 0 aliphatic carbocycles. The van der Waals surface area contributed by atoms with Crippen LogP contribution in [-0.4, -0.2) is 30.0 Å². The van der Waals surface area contributed by atoms with Crippen molar-refractivity contribution in [2.24, 2.45) is 0 Å². The quantitative estimate of drug-likeness (QED) is 0.658. The van der Waals surface area contributed by atoms with Gasteiger partial charge in [0, 0.05) is 30.3 Å². The largest absolute Gasteiger partial charge is 0.348 e. The molecule has 0 aromatic heterocycles. The zero-order valence-electron chi connectivity index (χ0n) is 11.2. The van der Waals surface area contributed by atoms with Crippen LogP contribution in [0.1, 0.15) is 28.8 Å². The Morgan fingerprint density at radius 2 is 2.20 bits per heavy atom. The number of carbonyl (C=O) groups excluding carboxylic acids is 1. The summed E-state index contributed by atoms with van der Waals surface area (Å²) in [6.07, 6.45) is 1.96. The van der Waals surface area contributed by atoms with Crippen LogP contribution in [-0.2, 0) is 0 Å². The minimum atomic E-state index is -0.480. The fourth-order valence-corrected chi connectivity index (χ4v) is 2.24. The number of hydrogen-bond donors (Lipinski definition) is 2. The Kier molecular flexibility index (Phi) is 5.91. The summed E-state index contributed by atoms with van der Waals surface area (Å²) in [4.78, 5) is 22.4. The summed E-state index contributed by atoms with van der Waals surface area (Å²) in [6.45, 7) is 3.47. The molecule has 0 spiro atoms. The fraction of sp³-hybridized carbons (Fsp3) is 0.462. The van der Waals surface area contributed by atoms with Crippen molar-refractivity contribution in [1.82, 2.24) is 10.6 Å². The molecule has 1 unspecified atom stereocenters. The number of benzene rings is 1. The second kappa shape index (κ2) is 7.21. The van der Waals surface area contributed by atoms with Gasteiger partial charge in [0.15, 0.2) is 0 Å². The molecule has 1 aliphatic rings. The predicted molar refractivity (Wildman–Crippen MR) is 78.4 cm³/mol. The highest BCUT2D eigenvalue weighted by Crippen LogP contribution is 2.17. The van der Waals surface area contributed by atoms with Gasteiger partial charge in [0.2, 0.25) is 0 Å². The molecule has 0 radical (unpaired) electrons. The van der Waals surface area contributed by atoms with E-state index in [4.69, 9.17) is 0 Å². The second-order valence-corrected chi connectivity index (χ2v) is 4.83. The van der Waals surface area contributed by atoms with Gasteiger partial charge in [-0.2, -0.15) is 0 Å². The van der Waals surface area contributed by atoms with Crippen LogP contribution >= 0.6 is 12.4 Å². The zero-order valence-corrected chi connectivity index (χ0v) is 12.0. The number of halogens is 1. The number of nitrogens with one attached hydrogen (secondary N) is 2. The number of carbonyl (C=O) groups is 1. The van der Waals surface area contributed by atoms with Crippen molar-refractivity contribution < 1.29 is 9.72 Å². The summed E-state index contributed by atoms with van der Waals surface area (Å²) in [7, 11) is 0. The summed E-state index contributed by atoms with van der Waals surface area (Å²) in [5.41, 5.74) is 1.00. The third-order valence-corrected chi connectivity index (χ3v) is 3.17. The van der Waals surface area contributed by atoms with Crippen molar-refractivity contribution in [3.05, 3.63) is 39.4 Å². The van der Waals surface area contributed by atoms with E-state index < -0.39 is 4.92 Å². The van der Waals surface area contributed by atoms with Crippen LogP contribution in [0, 0.1) is 17.0 Å². The maximum atomic E-state index is 12.1. The van der Waals surface area contributed by atoms with Crippen molar-refractivity contribution in [2.45, 2.75) is 25.8 Å². The molecule has 1 aliphatic heterocycles. The molecular formula is C13H18ClN3O3. The molecule has 1 amide bonds. The third-order valence-electron chi connectivity index (χ3n) is 3.17. The monoisotopic (exact) mass is 299 g/mol. The maximum Gasteiger partial charge on any atom is 0.270 e. The lowest BCUT2D eigenvalue weighted by molar-refractivity contribution is -0.384. The number of piperidine rings is 1. The first kappa shape index (κ1) is 16.4. The van der Waals surface area contributed by atoms with Gasteiger partial charge in [0.05, 0.1) is 4.92 Å². The third kappa shape index (κ3) is 4.18. The first-order valence-electron chi connectivity index (χ1n) is 6.34. The number of non-ortho nitro benzene ring substituents is 1. The van der Waals surface area contributed by atoms with Crippen LogP contribution in [0.4, 0.5) is 5.69 Å². The highest BCUT2D eigenvalue weighted by Gasteiger charge is 2.18. The summed E-state index contributed by atoms with van der Waals surface area (Å²) in [5, 5.41) is 16.9. The number of hydrogen-bond acceptors (Lipinski definition) is 4. The first-order chi connectivity index (χ1) is 9.06. The molecular weight excluding hydrogens is 282 g/mol. The summed E-state index contributed by atoms with van der Waals surface area (Å²) >= 11 is 0. The number of aryl methyl sites for hydroxylation is 1. The van der Waals surface area contributed by atoms with Crippen LogP contribution in [0.15, 0.2) is 18.2 Å². The molecule has 1 heterocycles. The second-order valence-electron chi connectivity index (χ2n) is 4.83. The van der Waals surface area contributed by atoms with Gasteiger partial charge in [-0.1, -0.05) is 0 Å². The Hall–Kier alpha value is -1.66. The normalized spacial score (nSPS) is 17.9. The van der Waals surface area contributed by atoms with Gasteiger partial charge in [0.1, 0.15) is 0 Å². The Morgan fingerprint density at radius 3 is 2.80 bits per heavy atom. The molecule has 1 aromatic carbocycles. The van der Waals surface area contributed by atoms with Gasteiger partial charge >= 0.3 is 0 Å². The Labute approximate surface area is 123 Å². The van der Waals surface area contributed by atoms with Crippen LogP contribution in [0.2, 0.25) is 0 Å². The van der Waals surface area contributed by atoms with E-state index in [1.807, 2.05) is 0 Å². The van der Waals surface area contributed by atoms with Gasteiger partial charge in [-0.25, -0.2) is 0 Å². The molecule has 2 N–H and O–H groups in total. The lowest BCUT2D eigenvalue weighted by Gasteiger charge is -2.23. The van der Waals surface area contributed by atoms with Crippen LogP contribution in [0.5, 0.6) is 0 Å². The molecule has 0 bridgehead atoms. The van der Waals surface area contributed by atoms with Gasteiger partial charge in [-0.3, -0.25) is 14.9 Å². The van der Waals surface area contributed by atoms with E-state index in [2.05, 4.69) is 10.6 Å². The van der Waals surface area contributed by atoms with Gasteiger partial charge in [-0.15, -0.1) is 12.4 Å². The Balaban J connectivity index is 0.00000200. The highest BCUT2D eigenvalue weighted by atomic mass is 35.5. The zero-order chi connectivity index (χ0) is 13.8. The molecule has 1 atom stereocenters. The average Bonchev–Trinajstić information content (AvgIpc) is 2.39. The molecule has 1 aromatic rings. The lowest BCUT2D eigenvalue weighted by atomic mass is 10.1. The lowest BCUT2D eigenvalue weighted by Crippen LogP contribution is -2.45. The van der Waals surface area contributed by atoms with Crippen LogP contribution in [0.25, 0.3) is 0 Å². The standard InChI is InChI=1S/C13H17N3O3.ClH/c1-9-5-10(7-12(6-9)16(18)19)13(17)15-11-3-2-4-14-8-11;/h5-7,11,14H,2-4,8H2,1H3,(H,15,17);1H. The molecule has 1 fully saturated rings. The maximum absolute atomic E-state index is 12.1. The molecule has 20 heavy (non-hydrogen) atoms. The Morgan fingerprint density at radius 1 is 1.45 bits per heavy atom. The molecule has 0 saturated carbocycles. The first-order valence-corrected chi connectivity index (χ1v) is 6.34. The topological polar surface area (TPSA) is 84.3 Å². The Bertz CT molecular complexity index is 502. The number of nitrogens with zero attached hydrogens (tertiary/aromatic N) is 1. The van der Waals surface area contributed by atoms with E-state index in [-0.39, 0.29) is 30.0 Å². The van der Waals surface area contributed by atoms with Gasteiger partial charge in [0.25, 0.3) is 11.6 Å². The van der Waals surface area contributed by atoms with Crippen molar-refractivity contribution in [2.75, 3.05) is 13.1 Å². The summed E-state index contributed by atoms with van der Waals surface area (Å²) in [5.74, 6) is -0.250. The van der Waals surface area contributed by atoms with E-state index in [0.717, 1.165) is 25.9 Å². The van der Waals surface area contributed by atoms with Gasteiger partial charge < -0.3 is 10.6 Å². The summed E-state index contributed by atoms with van der Waals surface area (Å²) < 4.78 is 0. The predicted octanol–water partition coefficient (Wildman–Crippen LogP) is 1.81. The van der Waals surface area contributed by atoms with E-state index >= 15 is 0 Å². The van der Waals surface area contributed by atoms with Crippen LogP contribution < -0.4 is 10.6 Å². The fourth-order valence-electron chi connectivity index (χ4n) is 2.24. The van der Waals surface area contributed by atoms with Crippen molar-refractivity contribution in [1.29, 1.82) is 0 Å². The van der Waals surface area contributed by atoms with E-state index in [1.54, 1.807) is 13.0 Å². The number of rotatable bonds is 3. The SMILES string of the molecule is Cc1cc(C(=O)NC2CCCNC2)cc([N+](=O)[O-])c1.Cl. The van der Waals surface area contributed by atoms with E-state index in [0.29, 0.717) is 11.1 Å².